The van der Waals surface area contributed by atoms with Crippen LogP contribution in [0.5, 0.6) is 5.75 Å². The van der Waals surface area contributed by atoms with Crippen molar-refractivity contribution in [3.63, 3.8) is 0 Å². The smallest absolute Gasteiger partial charge is 0.124 e. The first-order chi connectivity index (χ1) is 9.43. The van der Waals surface area contributed by atoms with Crippen molar-refractivity contribution >= 4 is 0 Å². The first kappa shape index (κ1) is 12.2. The lowest BCUT2D eigenvalue weighted by atomic mass is 10.0. The summed E-state index contributed by atoms with van der Waals surface area (Å²) in [5.41, 5.74) is 2.41. The first-order valence-electron chi connectivity index (χ1n) is 6.78. The molecule has 19 heavy (non-hydrogen) atoms. The number of rotatable bonds is 4. The molecule has 0 aliphatic carbocycles. The monoisotopic (exact) mass is 254 g/mol. The maximum absolute atomic E-state index is 5.67. The van der Waals surface area contributed by atoms with E-state index in [9.17, 15) is 0 Å². The Hall–Kier alpha value is -1.87. The largest absolute Gasteiger partial charge is 0.493 e. The van der Waals surface area contributed by atoms with Gasteiger partial charge in [0, 0.05) is 42.9 Å². The normalized spacial score (nSPS) is 17.6. The molecule has 3 rings (SSSR count). The van der Waals surface area contributed by atoms with Gasteiger partial charge in [-0.2, -0.15) is 0 Å². The minimum absolute atomic E-state index is 0.397. The number of ether oxygens (including phenoxy) is 1. The lowest BCUT2D eigenvalue weighted by Crippen LogP contribution is -2.28. The molecule has 2 aromatic rings. The molecule has 0 spiro atoms. The summed E-state index contributed by atoms with van der Waals surface area (Å²) in [6.07, 6.45) is 3.83. The number of nitrogens with one attached hydrogen (secondary N) is 1. The molecule has 98 valence electrons. The fraction of sp³-hybridized carbons (Fsp3) is 0.312. The SMILES string of the molecule is c1ccc(CCNC2CCOc3ccccc32)nc1. The van der Waals surface area contributed by atoms with Crippen LogP contribution in [0, 0.1) is 0 Å². The molecule has 3 nitrogen and oxygen atoms in total. The van der Waals surface area contributed by atoms with E-state index in [1.807, 2.05) is 30.5 Å². The molecule has 1 aliphatic heterocycles. The average molecular weight is 254 g/mol. The zero-order chi connectivity index (χ0) is 12.9. The lowest BCUT2D eigenvalue weighted by Gasteiger charge is -2.26. The highest BCUT2D eigenvalue weighted by molar-refractivity contribution is 5.37. The molecule has 0 fully saturated rings. The van der Waals surface area contributed by atoms with Crippen LogP contribution in [0.15, 0.2) is 48.7 Å². The summed E-state index contributed by atoms with van der Waals surface area (Å²) in [5.74, 6) is 1.02. The third-order valence-electron chi connectivity index (χ3n) is 3.46. The van der Waals surface area contributed by atoms with Crippen molar-refractivity contribution in [2.45, 2.75) is 18.9 Å². The summed E-state index contributed by atoms with van der Waals surface area (Å²) < 4.78 is 5.67. The van der Waals surface area contributed by atoms with E-state index >= 15 is 0 Å². The van der Waals surface area contributed by atoms with Crippen LogP contribution in [0.4, 0.5) is 0 Å². The van der Waals surface area contributed by atoms with Gasteiger partial charge in [-0.05, 0) is 18.2 Å². The van der Waals surface area contributed by atoms with Crippen molar-refractivity contribution in [1.82, 2.24) is 10.3 Å². The number of hydrogen-bond donors (Lipinski definition) is 1. The standard InChI is InChI=1S/C16H18N2O/c1-2-7-16-14(6-1)15(9-12-19-16)18-11-8-13-5-3-4-10-17-13/h1-7,10,15,18H,8-9,11-12H2. The van der Waals surface area contributed by atoms with Gasteiger partial charge in [-0.3, -0.25) is 4.98 Å². The molecule has 3 heteroatoms. The fourth-order valence-electron chi connectivity index (χ4n) is 2.47. The second-order valence-corrected chi connectivity index (χ2v) is 4.75. The molecular formula is C16H18N2O. The van der Waals surface area contributed by atoms with E-state index in [1.54, 1.807) is 0 Å². The topological polar surface area (TPSA) is 34.1 Å². The third-order valence-corrected chi connectivity index (χ3v) is 3.46. The predicted molar refractivity (Wildman–Crippen MR) is 75.2 cm³/mol. The zero-order valence-electron chi connectivity index (χ0n) is 10.9. The first-order valence-corrected chi connectivity index (χ1v) is 6.78. The molecule has 1 unspecified atom stereocenters. The molecule has 0 bridgehead atoms. The number of benzene rings is 1. The number of nitrogens with zero attached hydrogens (tertiary/aromatic N) is 1. The number of fused-ring (bicyclic) bond motifs is 1. The second-order valence-electron chi connectivity index (χ2n) is 4.75. The molecule has 0 saturated heterocycles. The van der Waals surface area contributed by atoms with Crippen molar-refractivity contribution in [3.05, 3.63) is 59.9 Å². The zero-order valence-corrected chi connectivity index (χ0v) is 10.9. The summed E-state index contributed by atoms with van der Waals surface area (Å²) in [6, 6.07) is 14.7. The molecule has 1 aromatic heterocycles. The van der Waals surface area contributed by atoms with Crippen LogP contribution in [0.3, 0.4) is 0 Å². The maximum Gasteiger partial charge on any atom is 0.124 e. The lowest BCUT2D eigenvalue weighted by molar-refractivity contribution is 0.253. The molecular weight excluding hydrogens is 236 g/mol. The van der Waals surface area contributed by atoms with Crippen LogP contribution in [-0.4, -0.2) is 18.1 Å². The van der Waals surface area contributed by atoms with E-state index in [-0.39, 0.29) is 0 Å². The Labute approximate surface area is 113 Å². The van der Waals surface area contributed by atoms with E-state index < -0.39 is 0 Å². The van der Waals surface area contributed by atoms with Crippen LogP contribution in [0.2, 0.25) is 0 Å². The third kappa shape index (κ3) is 2.93. The van der Waals surface area contributed by atoms with E-state index in [0.29, 0.717) is 6.04 Å². The Bertz CT molecular complexity index is 527. The van der Waals surface area contributed by atoms with E-state index in [4.69, 9.17) is 4.74 Å². The highest BCUT2D eigenvalue weighted by Gasteiger charge is 2.19. The summed E-state index contributed by atoms with van der Waals surface area (Å²) in [4.78, 5) is 4.34. The highest BCUT2D eigenvalue weighted by atomic mass is 16.5. The van der Waals surface area contributed by atoms with Crippen LogP contribution < -0.4 is 10.1 Å². The van der Waals surface area contributed by atoms with Crippen LogP contribution in [0.25, 0.3) is 0 Å². The van der Waals surface area contributed by atoms with Crippen LogP contribution in [0.1, 0.15) is 23.7 Å². The van der Waals surface area contributed by atoms with Crippen molar-refractivity contribution in [3.8, 4) is 5.75 Å². The Kier molecular flexibility index (Phi) is 3.75. The molecule has 1 N–H and O–H groups in total. The van der Waals surface area contributed by atoms with Crippen molar-refractivity contribution in [2.75, 3.05) is 13.2 Å². The highest BCUT2D eigenvalue weighted by Crippen LogP contribution is 2.31. The Balaban J connectivity index is 1.59. The molecule has 1 aliphatic rings. The van der Waals surface area contributed by atoms with Crippen molar-refractivity contribution in [1.29, 1.82) is 0 Å². The maximum atomic E-state index is 5.67. The minimum atomic E-state index is 0.397. The van der Waals surface area contributed by atoms with Crippen molar-refractivity contribution in [2.24, 2.45) is 0 Å². The molecule has 0 saturated carbocycles. The van der Waals surface area contributed by atoms with Gasteiger partial charge >= 0.3 is 0 Å². The Morgan fingerprint density at radius 1 is 1.16 bits per heavy atom. The minimum Gasteiger partial charge on any atom is -0.493 e. The van der Waals surface area contributed by atoms with Crippen LogP contribution in [-0.2, 0) is 6.42 Å². The van der Waals surface area contributed by atoms with Gasteiger partial charge in [0.15, 0.2) is 0 Å². The van der Waals surface area contributed by atoms with Gasteiger partial charge in [-0.1, -0.05) is 24.3 Å². The number of hydrogen-bond acceptors (Lipinski definition) is 3. The second kappa shape index (κ2) is 5.85. The van der Waals surface area contributed by atoms with Gasteiger partial charge in [0.2, 0.25) is 0 Å². The average Bonchev–Trinajstić information content (AvgIpc) is 2.49. The molecule has 1 aromatic carbocycles. The van der Waals surface area contributed by atoms with Gasteiger partial charge in [0.05, 0.1) is 6.61 Å². The van der Waals surface area contributed by atoms with E-state index in [1.165, 1.54) is 5.56 Å². The summed E-state index contributed by atoms with van der Waals surface area (Å²) in [5, 5.41) is 3.61. The van der Waals surface area contributed by atoms with Gasteiger partial charge in [0.1, 0.15) is 5.75 Å². The Morgan fingerprint density at radius 3 is 2.95 bits per heavy atom. The molecule has 1 atom stereocenters. The number of aromatic nitrogens is 1. The molecule has 0 radical (unpaired) electrons. The number of pyridine rings is 1. The quantitative estimate of drug-likeness (QED) is 0.911. The summed E-state index contributed by atoms with van der Waals surface area (Å²) in [7, 11) is 0. The summed E-state index contributed by atoms with van der Waals surface area (Å²) >= 11 is 0. The van der Waals surface area contributed by atoms with Crippen molar-refractivity contribution < 1.29 is 4.74 Å². The number of para-hydroxylation sites is 1. The van der Waals surface area contributed by atoms with Gasteiger partial charge < -0.3 is 10.1 Å². The van der Waals surface area contributed by atoms with Gasteiger partial charge in [-0.25, -0.2) is 0 Å². The molecule has 2 heterocycles. The van der Waals surface area contributed by atoms with Crippen LogP contribution >= 0.6 is 0 Å². The van der Waals surface area contributed by atoms with Gasteiger partial charge in [-0.15, -0.1) is 0 Å². The fourth-order valence-corrected chi connectivity index (χ4v) is 2.47. The van der Waals surface area contributed by atoms with Gasteiger partial charge in [0.25, 0.3) is 0 Å². The predicted octanol–water partition coefficient (Wildman–Crippen LogP) is 2.74. The van der Waals surface area contributed by atoms with E-state index in [0.717, 1.165) is 37.4 Å². The summed E-state index contributed by atoms with van der Waals surface area (Å²) in [6.45, 7) is 1.73. The van der Waals surface area contributed by atoms with E-state index in [2.05, 4.69) is 28.5 Å². The Morgan fingerprint density at radius 2 is 2.05 bits per heavy atom. The molecule has 0 amide bonds.